The van der Waals surface area contributed by atoms with Gasteiger partial charge in [0.25, 0.3) is 0 Å². The summed E-state index contributed by atoms with van der Waals surface area (Å²) in [5.74, 6) is 0.766. The molecule has 3 aromatic rings. The number of nitrogens with zero attached hydrogens (tertiary/aromatic N) is 1. The number of esters is 1. The molecule has 1 aromatic heterocycles. The van der Waals surface area contributed by atoms with E-state index in [0.29, 0.717) is 16.9 Å². The molecule has 0 aliphatic carbocycles. The van der Waals surface area contributed by atoms with E-state index in [0.717, 1.165) is 16.3 Å². The fraction of sp³-hybridized carbons (Fsp3) is 0.105. The number of hydrogen-bond donors (Lipinski definition) is 0. The molecular weight excluding hydrogens is 354 g/mol. The maximum absolute atomic E-state index is 12.2. The Morgan fingerprint density at radius 3 is 2.32 bits per heavy atom. The number of Topliss-reactive ketones (excluding diaryl/α,β-unsaturated/α-hetero) is 1. The van der Waals surface area contributed by atoms with Crippen LogP contribution in [0, 0.1) is 0 Å². The molecule has 0 saturated heterocycles. The highest BCUT2D eigenvalue weighted by Gasteiger charge is 2.09. The van der Waals surface area contributed by atoms with E-state index in [1.165, 1.54) is 6.92 Å². The summed E-state index contributed by atoms with van der Waals surface area (Å²) < 4.78 is 5.33. The summed E-state index contributed by atoms with van der Waals surface area (Å²) in [5.41, 5.74) is 3.93. The monoisotopic (exact) mass is 369 g/mol. The first-order valence-corrected chi connectivity index (χ1v) is 9.48. The Labute approximate surface area is 153 Å². The number of carbonyl (C=O) groups is 2. The van der Waals surface area contributed by atoms with E-state index in [9.17, 15) is 9.59 Å². The van der Waals surface area contributed by atoms with Crippen LogP contribution >= 0.6 is 23.1 Å². The topological polar surface area (TPSA) is 56.3 Å². The number of benzene rings is 2. The van der Waals surface area contributed by atoms with Crippen LogP contribution in [0.1, 0.15) is 33.3 Å². The van der Waals surface area contributed by atoms with Crippen molar-refractivity contribution in [2.75, 3.05) is 0 Å². The second-order valence-electron chi connectivity index (χ2n) is 5.26. The van der Waals surface area contributed by atoms with Crippen LogP contribution in [-0.4, -0.2) is 16.7 Å². The molecule has 126 valence electrons. The highest BCUT2D eigenvalue weighted by Crippen LogP contribution is 2.23. The van der Waals surface area contributed by atoms with Crippen molar-refractivity contribution in [2.45, 2.75) is 17.6 Å². The van der Waals surface area contributed by atoms with Gasteiger partial charge in [0.05, 0.1) is 16.8 Å². The lowest BCUT2D eigenvalue weighted by molar-refractivity contribution is 0.0734. The summed E-state index contributed by atoms with van der Waals surface area (Å²) in [6, 6.07) is 13.8. The fourth-order valence-electron chi connectivity index (χ4n) is 2.08. The van der Waals surface area contributed by atoms with Crippen LogP contribution in [-0.2, 0) is 5.75 Å². The van der Waals surface area contributed by atoms with E-state index >= 15 is 0 Å². The van der Waals surface area contributed by atoms with Gasteiger partial charge < -0.3 is 4.74 Å². The van der Waals surface area contributed by atoms with Crippen LogP contribution in [0.2, 0.25) is 0 Å². The summed E-state index contributed by atoms with van der Waals surface area (Å²) in [5, 5.41) is 2.02. The standard InChI is InChI=1S/C19H15NO3S2/c1-13(21)14-2-6-17(7-3-14)23-19(22)15-4-8-18(9-5-15)25-11-16-10-24-12-20-16/h2-10,12H,11H2,1H3. The normalized spacial score (nSPS) is 10.4. The summed E-state index contributed by atoms with van der Waals surface area (Å²) in [7, 11) is 0. The minimum absolute atomic E-state index is 0.0244. The predicted molar refractivity (Wildman–Crippen MR) is 99.5 cm³/mol. The lowest BCUT2D eigenvalue weighted by Gasteiger charge is -2.06. The van der Waals surface area contributed by atoms with Crippen molar-refractivity contribution in [1.82, 2.24) is 4.98 Å². The third kappa shape index (κ3) is 4.78. The molecule has 2 aromatic carbocycles. The lowest BCUT2D eigenvalue weighted by atomic mass is 10.1. The van der Waals surface area contributed by atoms with Crippen LogP contribution < -0.4 is 4.74 Å². The third-order valence-corrected chi connectivity index (χ3v) is 5.11. The van der Waals surface area contributed by atoms with E-state index in [4.69, 9.17) is 4.74 Å². The number of carbonyl (C=O) groups excluding carboxylic acids is 2. The van der Waals surface area contributed by atoms with Crippen LogP contribution in [0.3, 0.4) is 0 Å². The zero-order valence-electron chi connectivity index (χ0n) is 13.5. The Bertz CT molecular complexity index is 857. The molecule has 0 aliphatic rings. The molecule has 0 unspecified atom stereocenters. The minimum Gasteiger partial charge on any atom is -0.423 e. The Balaban J connectivity index is 1.59. The molecule has 25 heavy (non-hydrogen) atoms. The fourth-order valence-corrected chi connectivity index (χ4v) is 3.54. The largest absolute Gasteiger partial charge is 0.423 e. The predicted octanol–water partition coefficient (Wildman–Crippen LogP) is 4.86. The van der Waals surface area contributed by atoms with E-state index in [-0.39, 0.29) is 5.78 Å². The number of ether oxygens (including phenoxy) is 1. The maximum Gasteiger partial charge on any atom is 0.343 e. The van der Waals surface area contributed by atoms with Crippen molar-refractivity contribution in [3.8, 4) is 5.75 Å². The summed E-state index contributed by atoms with van der Waals surface area (Å²) in [6.07, 6.45) is 0. The Morgan fingerprint density at radius 1 is 1.04 bits per heavy atom. The molecule has 0 amide bonds. The summed E-state index contributed by atoms with van der Waals surface area (Å²) in [6.45, 7) is 1.50. The molecular formula is C19H15NO3S2. The van der Waals surface area contributed by atoms with Crippen molar-refractivity contribution in [1.29, 1.82) is 0 Å². The molecule has 0 saturated carbocycles. The Morgan fingerprint density at radius 2 is 1.72 bits per heavy atom. The van der Waals surface area contributed by atoms with Crippen LogP contribution in [0.5, 0.6) is 5.75 Å². The van der Waals surface area contributed by atoms with Gasteiger partial charge in [-0.2, -0.15) is 0 Å². The Kier molecular flexibility index (Phi) is 5.63. The van der Waals surface area contributed by atoms with Gasteiger partial charge >= 0.3 is 5.97 Å². The van der Waals surface area contributed by atoms with Crippen molar-refractivity contribution in [3.05, 3.63) is 76.2 Å². The first-order valence-electron chi connectivity index (χ1n) is 7.55. The number of thioether (sulfide) groups is 1. The highest BCUT2D eigenvalue weighted by atomic mass is 32.2. The smallest absolute Gasteiger partial charge is 0.343 e. The average Bonchev–Trinajstić information content (AvgIpc) is 3.14. The third-order valence-electron chi connectivity index (χ3n) is 3.43. The average molecular weight is 369 g/mol. The number of thiazole rings is 1. The van der Waals surface area contributed by atoms with Gasteiger partial charge in [-0.1, -0.05) is 0 Å². The molecule has 0 bridgehead atoms. The van der Waals surface area contributed by atoms with Gasteiger partial charge in [-0.25, -0.2) is 9.78 Å². The van der Waals surface area contributed by atoms with Gasteiger partial charge in [0.15, 0.2) is 5.78 Å². The molecule has 1 heterocycles. The van der Waals surface area contributed by atoms with Crippen LogP contribution in [0.4, 0.5) is 0 Å². The first-order chi connectivity index (χ1) is 12.1. The van der Waals surface area contributed by atoms with Crippen molar-refractivity contribution >= 4 is 34.9 Å². The first kappa shape index (κ1) is 17.4. The van der Waals surface area contributed by atoms with E-state index in [2.05, 4.69) is 4.98 Å². The maximum atomic E-state index is 12.2. The van der Waals surface area contributed by atoms with Crippen LogP contribution in [0.25, 0.3) is 0 Å². The summed E-state index contributed by atoms with van der Waals surface area (Å²) in [4.78, 5) is 28.7. The quantitative estimate of drug-likeness (QED) is 0.269. The molecule has 0 aliphatic heterocycles. The molecule has 0 radical (unpaired) electrons. The summed E-state index contributed by atoms with van der Waals surface area (Å²) >= 11 is 3.25. The van der Waals surface area contributed by atoms with Gasteiger partial charge in [0, 0.05) is 21.6 Å². The molecule has 4 nitrogen and oxygen atoms in total. The second-order valence-corrected chi connectivity index (χ2v) is 7.03. The van der Waals surface area contributed by atoms with Crippen LogP contribution in [0.15, 0.2) is 64.3 Å². The second kappa shape index (κ2) is 8.09. The molecule has 6 heteroatoms. The SMILES string of the molecule is CC(=O)c1ccc(OC(=O)c2ccc(SCc3cscn3)cc2)cc1. The van der Waals surface area contributed by atoms with E-state index < -0.39 is 5.97 Å². The van der Waals surface area contributed by atoms with Gasteiger partial charge in [-0.15, -0.1) is 23.1 Å². The number of aromatic nitrogens is 1. The van der Waals surface area contributed by atoms with E-state index in [1.807, 2.05) is 23.0 Å². The van der Waals surface area contributed by atoms with Gasteiger partial charge in [0.2, 0.25) is 0 Å². The molecule has 0 spiro atoms. The zero-order chi connectivity index (χ0) is 17.6. The number of rotatable bonds is 6. The molecule has 0 atom stereocenters. The van der Waals surface area contributed by atoms with E-state index in [1.54, 1.807) is 59.5 Å². The minimum atomic E-state index is -0.424. The lowest BCUT2D eigenvalue weighted by Crippen LogP contribution is -2.08. The van der Waals surface area contributed by atoms with Crippen molar-refractivity contribution in [3.63, 3.8) is 0 Å². The number of ketones is 1. The van der Waals surface area contributed by atoms with Crippen molar-refractivity contribution < 1.29 is 14.3 Å². The number of hydrogen-bond acceptors (Lipinski definition) is 6. The Hall–Kier alpha value is -2.44. The van der Waals surface area contributed by atoms with Gasteiger partial charge in [0.1, 0.15) is 5.75 Å². The molecule has 3 rings (SSSR count). The van der Waals surface area contributed by atoms with Gasteiger partial charge in [-0.05, 0) is 55.5 Å². The molecule has 0 N–H and O–H groups in total. The van der Waals surface area contributed by atoms with Gasteiger partial charge in [-0.3, -0.25) is 4.79 Å². The zero-order valence-corrected chi connectivity index (χ0v) is 15.1. The van der Waals surface area contributed by atoms with Crippen molar-refractivity contribution in [2.24, 2.45) is 0 Å². The molecule has 0 fully saturated rings. The highest BCUT2D eigenvalue weighted by molar-refractivity contribution is 7.98.